The van der Waals surface area contributed by atoms with E-state index in [2.05, 4.69) is 42.4 Å². The zero-order valence-electron chi connectivity index (χ0n) is 11.2. The molecule has 0 radical (unpaired) electrons. The van der Waals surface area contributed by atoms with Gasteiger partial charge in [0, 0.05) is 18.0 Å². The van der Waals surface area contributed by atoms with E-state index in [-0.39, 0.29) is 12.1 Å². The van der Waals surface area contributed by atoms with Gasteiger partial charge in [-0.1, -0.05) is 27.7 Å². The fourth-order valence-electron chi connectivity index (χ4n) is 1.67. The summed E-state index contributed by atoms with van der Waals surface area (Å²) in [7, 11) is 0. The molecule has 1 aromatic rings. The fourth-order valence-corrected chi connectivity index (χ4v) is 2.39. The second kappa shape index (κ2) is 6.31. The summed E-state index contributed by atoms with van der Waals surface area (Å²) in [6, 6.07) is 0. The van der Waals surface area contributed by atoms with Gasteiger partial charge in [-0.3, -0.25) is 0 Å². The number of aliphatic hydroxyl groups is 1. The Hall–Kier alpha value is -0.680. The number of aliphatic hydroxyl groups excluding tert-OH is 1. The summed E-state index contributed by atoms with van der Waals surface area (Å²) in [5, 5.41) is 13.6. The Morgan fingerprint density at radius 1 is 1.35 bits per heavy atom. The van der Waals surface area contributed by atoms with E-state index >= 15 is 0 Å². The van der Waals surface area contributed by atoms with E-state index in [0.29, 0.717) is 5.92 Å². The predicted octanol–water partition coefficient (Wildman–Crippen LogP) is 2.70. The molecular weight excluding hydrogens is 234 g/mol. The van der Waals surface area contributed by atoms with Crippen LogP contribution in [-0.4, -0.2) is 26.6 Å². The van der Waals surface area contributed by atoms with Crippen LogP contribution in [0.2, 0.25) is 0 Å². The second-order valence-electron chi connectivity index (χ2n) is 4.88. The van der Waals surface area contributed by atoms with Crippen molar-refractivity contribution in [2.24, 2.45) is 5.92 Å². The van der Waals surface area contributed by atoms with Crippen molar-refractivity contribution in [1.82, 2.24) is 9.36 Å². The molecule has 0 saturated carbocycles. The van der Waals surface area contributed by atoms with Crippen LogP contribution in [0.3, 0.4) is 0 Å². The third-order valence-electron chi connectivity index (χ3n) is 3.09. The summed E-state index contributed by atoms with van der Waals surface area (Å²) < 4.78 is 4.33. The van der Waals surface area contributed by atoms with Crippen LogP contribution < -0.4 is 5.32 Å². The first-order chi connectivity index (χ1) is 8.05. The van der Waals surface area contributed by atoms with Gasteiger partial charge in [0.2, 0.25) is 5.13 Å². The van der Waals surface area contributed by atoms with E-state index in [9.17, 15) is 5.11 Å². The Bertz CT molecular complexity index is 326. The number of anilines is 1. The first-order valence-electron chi connectivity index (χ1n) is 6.27. The highest BCUT2D eigenvalue weighted by Gasteiger charge is 2.26. The lowest BCUT2D eigenvalue weighted by atomic mass is 9.94. The molecule has 5 heteroatoms. The van der Waals surface area contributed by atoms with Crippen LogP contribution in [0.25, 0.3) is 0 Å². The highest BCUT2D eigenvalue weighted by molar-refractivity contribution is 7.09. The Morgan fingerprint density at radius 3 is 2.47 bits per heavy atom. The predicted molar refractivity (Wildman–Crippen MR) is 72.5 cm³/mol. The minimum atomic E-state index is -0.255. The Morgan fingerprint density at radius 2 is 2.00 bits per heavy atom. The summed E-state index contributed by atoms with van der Waals surface area (Å²) in [5.74, 6) is 1.46. The van der Waals surface area contributed by atoms with Crippen molar-refractivity contribution < 1.29 is 5.11 Å². The van der Waals surface area contributed by atoms with E-state index < -0.39 is 0 Å². The molecule has 0 spiro atoms. The maximum Gasteiger partial charge on any atom is 0.203 e. The van der Waals surface area contributed by atoms with Gasteiger partial charge in [0.1, 0.15) is 5.82 Å². The molecule has 2 N–H and O–H groups in total. The van der Waals surface area contributed by atoms with Crippen molar-refractivity contribution in [2.45, 2.75) is 52.5 Å². The molecule has 0 aliphatic rings. The van der Waals surface area contributed by atoms with Crippen molar-refractivity contribution >= 4 is 16.7 Å². The van der Waals surface area contributed by atoms with Gasteiger partial charge < -0.3 is 10.4 Å². The van der Waals surface area contributed by atoms with Gasteiger partial charge in [-0.15, -0.1) is 0 Å². The van der Waals surface area contributed by atoms with Gasteiger partial charge in [0.05, 0.1) is 12.1 Å². The van der Waals surface area contributed by atoms with Crippen LogP contribution in [0.5, 0.6) is 0 Å². The number of aromatic nitrogens is 2. The number of rotatable bonds is 7. The van der Waals surface area contributed by atoms with E-state index in [1.165, 1.54) is 11.5 Å². The maximum absolute atomic E-state index is 9.48. The van der Waals surface area contributed by atoms with Gasteiger partial charge in [-0.2, -0.15) is 4.37 Å². The van der Waals surface area contributed by atoms with Gasteiger partial charge in [0.15, 0.2) is 0 Å². The fraction of sp³-hybridized carbons (Fsp3) is 0.833. The molecule has 4 nitrogen and oxygen atoms in total. The number of hydrogen-bond donors (Lipinski definition) is 2. The van der Waals surface area contributed by atoms with Crippen LogP contribution in [0.4, 0.5) is 5.13 Å². The van der Waals surface area contributed by atoms with Gasteiger partial charge in [-0.05, 0) is 18.8 Å². The first kappa shape index (κ1) is 14.4. The molecule has 17 heavy (non-hydrogen) atoms. The van der Waals surface area contributed by atoms with Gasteiger partial charge in [-0.25, -0.2) is 4.98 Å². The lowest BCUT2D eigenvalue weighted by molar-refractivity contribution is 0.202. The molecule has 1 aromatic heterocycles. The minimum Gasteiger partial charge on any atom is -0.394 e. The molecule has 1 heterocycles. The van der Waals surface area contributed by atoms with Crippen LogP contribution in [0.15, 0.2) is 0 Å². The van der Waals surface area contributed by atoms with Crippen molar-refractivity contribution in [2.75, 3.05) is 11.9 Å². The smallest absolute Gasteiger partial charge is 0.203 e. The number of hydrogen-bond acceptors (Lipinski definition) is 5. The van der Waals surface area contributed by atoms with Gasteiger partial charge in [0.25, 0.3) is 0 Å². The molecule has 1 rings (SSSR count). The van der Waals surface area contributed by atoms with Crippen molar-refractivity contribution in [3.8, 4) is 0 Å². The highest BCUT2D eigenvalue weighted by atomic mass is 32.1. The molecule has 0 aromatic carbocycles. The van der Waals surface area contributed by atoms with Crippen molar-refractivity contribution in [3.05, 3.63) is 5.82 Å². The quantitative estimate of drug-likeness (QED) is 0.788. The highest BCUT2D eigenvalue weighted by Crippen LogP contribution is 2.23. The Kier molecular flexibility index (Phi) is 5.33. The topological polar surface area (TPSA) is 58.0 Å². The third-order valence-corrected chi connectivity index (χ3v) is 3.76. The summed E-state index contributed by atoms with van der Waals surface area (Å²) in [5.41, 5.74) is -0.255. The van der Waals surface area contributed by atoms with Crippen LogP contribution in [0.1, 0.15) is 46.4 Å². The van der Waals surface area contributed by atoms with E-state index in [1.807, 2.05) is 0 Å². The molecule has 0 amide bonds. The maximum atomic E-state index is 9.48. The van der Waals surface area contributed by atoms with Crippen molar-refractivity contribution in [1.29, 1.82) is 0 Å². The average molecular weight is 257 g/mol. The second-order valence-corrected chi connectivity index (χ2v) is 5.64. The monoisotopic (exact) mass is 257 g/mol. The molecule has 0 aliphatic carbocycles. The van der Waals surface area contributed by atoms with Gasteiger partial charge >= 0.3 is 0 Å². The van der Waals surface area contributed by atoms with E-state index in [0.717, 1.165) is 30.2 Å². The lowest BCUT2D eigenvalue weighted by Gasteiger charge is -2.30. The number of nitrogens with one attached hydrogen (secondary N) is 1. The Labute approximate surface area is 108 Å². The average Bonchev–Trinajstić information content (AvgIpc) is 2.72. The van der Waals surface area contributed by atoms with Crippen LogP contribution in [0, 0.1) is 5.92 Å². The standard InChI is InChI=1S/C12H23N3OS/c1-5-12(6-2,8-16)14-11-13-10(15-17-11)7-9(3)4/h9,16H,5-8H2,1-4H3,(H,13,14,15). The summed E-state index contributed by atoms with van der Waals surface area (Å²) in [4.78, 5) is 4.46. The van der Waals surface area contributed by atoms with Crippen LogP contribution in [-0.2, 0) is 6.42 Å². The van der Waals surface area contributed by atoms with E-state index in [4.69, 9.17) is 0 Å². The molecule has 0 bridgehead atoms. The Balaban J connectivity index is 2.70. The third kappa shape index (κ3) is 3.92. The van der Waals surface area contributed by atoms with E-state index in [1.54, 1.807) is 0 Å². The van der Waals surface area contributed by atoms with Crippen molar-refractivity contribution in [3.63, 3.8) is 0 Å². The summed E-state index contributed by atoms with van der Waals surface area (Å²) in [6.45, 7) is 8.58. The molecule has 0 aliphatic heterocycles. The largest absolute Gasteiger partial charge is 0.394 e. The molecule has 0 atom stereocenters. The minimum absolute atomic E-state index is 0.124. The molecule has 0 unspecified atom stereocenters. The number of nitrogens with zero attached hydrogens (tertiary/aromatic N) is 2. The first-order valence-corrected chi connectivity index (χ1v) is 7.04. The zero-order chi connectivity index (χ0) is 12.9. The molecule has 98 valence electrons. The summed E-state index contributed by atoms with van der Waals surface area (Å²) in [6.07, 6.45) is 2.65. The SMILES string of the molecule is CCC(CC)(CO)Nc1nc(CC(C)C)ns1. The molecule has 0 fully saturated rings. The molecular formula is C12H23N3OS. The summed E-state index contributed by atoms with van der Waals surface area (Å²) >= 11 is 1.38. The lowest BCUT2D eigenvalue weighted by Crippen LogP contribution is -2.40. The zero-order valence-corrected chi connectivity index (χ0v) is 12.0. The van der Waals surface area contributed by atoms with Crippen LogP contribution >= 0.6 is 11.5 Å². The molecule has 0 saturated heterocycles. The normalized spacial score (nSPS) is 12.1.